The maximum Gasteiger partial charge on any atom is 0.335 e. The third-order valence-corrected chi connectivity index (χ3v) is 3.42. The second kappa shape index (κ2) is 3.23. The molecule has 3 rings (SSSR count). The van der Waals surface area contributed by atoms with Gasteiger partial charge in [0.25, 0.3) is 0 Å². The van der Waals surface area contributed by atoms with Crippen LogP contribution in [0, 0.1) is 0 Å². The van der Waals surface area contributed by atoms with Gasteiger partial charge in [0.1, 0.15) is 0 Å². The predicted octanol–water partition coefficient (Wildman–Crippen LogP) is 1.45. The molecule has 0 aromatic heterocycles. The van der Waals surface area contributed by atoms with Crippen molar-refractivity contribution in [3.05, 3.63) is 29.8 Å². The van der Waals surface area contributed by atoms with Crippen molar-refractivity contribution < 1.29 is 14.7 Å². The lowest BCUT2D eigenvalue weighted by Gasteiger charge is -2.22. The normalized spacial score (nSPS) is 20.5. The minimum atomic E-state index is -0.976. The molecule has 1 aromatic rings. The van der Waals surface area contributed by atoms with Crippen LogP contribution < -0.4 is 10.2 Å². The summed E-state index contributed by atoms with van der Waals surface area (Å²) in [4.78, 5) is 24.4. The number of urea groups is 1. The minimum Gasteiger partial charge on any atom is -0.478 e. The van der Waals surface area contributed by atoms with Crippen LogP contribution in [0.2, 0.25) is 0 Å². The van der Waals surface area contributed by atoms with Crippen molar-refractivity contribution in [1.82, 2.24) is 5.32 Å². The lowest BCUT2D eigenvalue weighted by molar-refractivity contribution is 0.0697. The number of hydrogen-bond acceptors (Lipinski definition) is 2. The van der Waals surface area contributed by atoms with Crippen molar-refractivity contribution in [2.45, 2.75) is 18.4 Å². The van der Waals surface area contributed by atoms with E-state index in [0.717, 1.165) is 12.8 Å². The number of amides is 2. The van der Waals surface area contributed by atoms with E-state index >= 15 is 0 Å². The number of rotatable bonds is 2. The highest BCUT2D eigenvalue weighted by Gasteiger charge is 2.55. The Labute approximate surface area is 98.0 Å². The highest BCUT2D eigenvalue weighted by Crippen LogP contribution is 2.46. The molecule has 1 saturated carbocycles. The summed E-state index contributed by atoms with van der Waals surface area (Å²) < 4.78 is 0. The van der Waals surface area contributed by atoms with Crippen LogP contribution in [0.3, 0.4) is 0 Å². The van der Waals surface area contributed by atoms with Crippen LogP contribution in [-0.2, 0) is 0 Å². The summed E-state index contributed by atoms with van der Waals surface area (Å²) in [5.74, 6) is -0.976. The summed E-state index contributed by atoms with van der Waals surface area (Å²) in [6, 6.07) is 6.38. The van der Waals surface area contributed by atoms with E-state index in [4.69, 9.17) is 5.11 Å². The number of aromatic carboxylic acids is 1. The Morgan fingerprint density at radius 1 is 1.41 bits per heavy atom. The maximum atomic E-state index is 11.8. The third kappa shape index (κ3) is 1.46. The summed E-state index contributed by atoms with van der Waals surface area (Å²) in [5, 5.41) is 11.8. The van der Waals surface area contributed by atoms with E-state index in [2.05, 4.69) is 5.32 Å². The van der Waals surface area contributed by atoms with E-state index in [-0.39, 0.29) is 17.1 Å². The molecule has 2 fully saturated rings. The van der Waals surface area contributed by atoms with Gasteiger partial charge in [-0.15, -0.1) is 0 Å². The number of anilines is 1. The molecule has 0 atom stereocenters. The van der Waals surface area contributed by atoms with E-state index in [0.29, 0.717) is 12.2 Å². The SMILES string of the molecule is O=C(O)c1cccc(N2C(=O)NCC23CC3)c1. The second-order valence-corrected chi connectivity index (χ2v) is 4.57. The largest absolute Gasteiger partial charge is 0.478 e. The monoisotopic (exact) mass is 232 g/mol. The van der Waals surface area contributed by atoms with Crippen LogP contribution in [0.5, 0.6) is 0 Å². The van der Waals surface area contributed by atoms with E-state index in [1.165, 1.54) is 6.07 Å². The highest BCUT2D eigenvalue weighted by molar-refractivity contribution is 5.98. The number of carbonyl (C=O) groups is 2. The molecule has 0 bridgehead atoms. The van der Waals surface area contributed by atoms with Crippen molar-refractivity contribution >= 4 is 17.7 Å². The minimum absolute atomic E-state index is 0.103. The van der Waals surface area contributed by atoms with Gasteiger partial charge in [-0.05, 0) is 31.0 Å². The average Bonchev–Trinajstić information content (AvgIpc) is 3.00. The standard InChI is InChI=1S/C12H12N2O3/c15-10(16)8-2-1-3-9(6-8)14-11(17)13-7-12(14)4-5-12/h1-3,6H,4-5,7H2,(H,13,17)(H,15,16). The van der Waals surface area contributed by atoms with Gasteiger partial charge in [0.2, 0.25) is 0 Å². The molecule has 17 heavy (non-hydrogen) atoms. The van der Waals surface area contributed by atoms with Crippen LogP contribution in [0.15, 0.2) is 24.3 Å². The zero-order valence-corrected chi connectivity index (χ0v) is 9.14. The fraction of sp³-hybridized carbons (Fsp3) is 0.333. The maximum absolute atomic E-state index is 11.8. The number of benzene rings is 1. The molecule has 1 saturated heterocycles. The number of carbonyl (C=O) groups excluding carboxylic acids is 1. The summed E-state index contributed by atoms with van der Waals surface area (Å²) in [5.41, 5.74) is 0.768. The molecule has 5 nitrogen and oxygen atoms in total. The topological polar surface area (TPSA) is 69.6 Å². The van der Waals surface area contributed by atoms with Gasteiger partial charge in [0.15, 0.2) is 0 Å². The fourth-order valence-corrected chi connectivity index (χ4v) is 2.33. The number of carboxylic acid groups (broad SMARTS) is 1. The highest BCUT2D eigenvalue weighted by atomic mass is 16.4. The van der Waals surface area contributed by atoms with Gasteiger partial charge in [-0.2, -0.15) is 0 Å². The Kier molecular flexibility index (Phi) is 1.92. The summed E-state index contributed by atoms with van der Waals surface area (Å²) in [7, 11) is 0. The Bertz CT molecular complexity index is 508. The van der Waals surface area contributed by atoms with Crippen LogP contribution in [-0.4, -0.2) is 29.2 Å². The van der Waals surface area contributed by atoms with Crippen molar-refractivity contribution in [3.63, 3.8) is 0 Å². The average molecular weight is 232 g/mol. The molecule has 2 aliphatic rings. The molecule has 1 spiro atoms. The number of nitrogens with zero attached hydrogens (tertiary/aromatic N) is 1. The van der Waals surface area contributed by atoms with E-state index in [9.17, 15) is 9.59 Å². The van der Waals surface area contributed by atoms with Crippen molar-refractivity contribution in [3.8, 4) is 0 Å². The van der Waals surface area contributed by atoms with Gasteiger partial charge in [-0.1, -0.05) is 6.07 Å². The molecule has 1 heterocycles. The van der Waals surface area contributed by atoms with Gasteiger partial charge in [0.05, 0.1) is 11.1 Å². The molecule has 1 aromatic carbocycles. The molecule has 2 amide bonds. The third-order valence-electron chi connectivity index (χ3n) is 3.42. The molecule has 0 unspecified atom stereocenters. The van der Waals surface area contributed by atoms with Gasteiger partial charge >= 0.3 is 12.0 Å². The van der Waals surface area contributed by atoms with Crippen molar-refractivity contribution in [2.75, 3.05) is 11.4 Å². The molecule has 5 heteroatoms. The van der Waals surface area contributed by atoms with Gasteiger partial charge in [0, 0.05) is 12.2 Å². The van der Waals surface area contributed by atoms with Crippen LogP contribution in [0.25, 0.3) is 0 Å². The van der Waals surface area contributed by atoms with E-state index < -0.39 is 5.97 Å². The Morgan fingerprint density at radius 3 is 2.82 bits per heavy atom. The van der Waals surface area contributed by atoms with Gasteiger partial charge < -0.3 is 10.4 Å². The molecule has 1 aliphatic carbocycles. The van der Waals surface area contributed by atoms with Crippen LogP contribution in [0.4, 0.5) is 10.5 Å². The van der Waals surface area contributed by atoms with Crippen molar-refractivity contribution in [1.29, 1.82) is 0 Å². The first kappa shape index (κ1) is 10.1. The van der Waals surface area contributed by atoms with Gasteiger partial charge in [-0.3, -0.25) is 4.90 Å². The van der Waals surface area contributed by atoms with Crippen LogP contribution >= 0.6 is 0 Å². The summed E-state index contributed by atoms with van der Waals surface area (Å²) >= 11 is 0. The first-order valence-corrected chi connectivity index (χ1v) is 5.54. The molecule has 1 aliphatic heterocycles. The Hall–Kier alpha value is -2.04. The predicted molar refractivity (Wildman–Crippen MR) is 61.2 cm³/mol. The molecule has 88 valence electrons. The lowest BCUT2D eigenvalue weighted by Crippen LogP contribution is -2.35. The summed E-state index contributed by atoms with van der Waals surface area (Å²) in [6.07, 6.45) is 1.95. The van der Waals surface area contributed by atoms with E-state index in [1.54, 1.807) is 23.1 Å². The molecule has 0 radical (unpaired) electrons. The summed E-state index contributed by atoms with van der Waals surface area (Å²) in [6.45, 7) is 0.656. The van der Waals surface area contributed by atoms with Crippen LogP contribution in [0.1, 0.15) is 23.2 Å². The number of nitrogens with one attached hydrogen (secondary N) is 1. The zero-order valence-electron chi connectivity index (χ0n) is 9.14. The smallest absolute Gasteiger partial charge is 0.335 e. The zero-order chi connectivity index (χ0) is 12.0. The quantitative estimate of drug-likeness (QED) is 0.810. The molecule has 2 N–H and O–H groups in total. The first-order valence-electron chi connectivity index (χ1n) is 5.54. The molecular weight excluding hydrogens is 220 g/mol. The second-order valence-electron chi connectivity index (χ2n) is 4.57. The number of hydrogen-bond donors (Lipinski definition) is 2. The lowest BCUT2D eigenvalue weighted by atomic mass is 10.1. The Balaban J connectivity index is 2.01. The fourth-order valence-electron chi connectivity index (χ4n) is 2.33. The van der Waals surface area contributed by atoms with Gasteiger partial charge in [-0.25, -0.2) is 9.59 Å². The van der Waals surface area contributed by atoms with Crippen molar-refractivity contribution in [2.24, 2.45) is 0 Å². The molecular formula is C12H12N2O3. The Morgan fingerprint density at radius 2 is 2.18 bits per heavy atom. The van der Waals surface area contributed by atoms with E-state index in [1.807, 2.05) is 0 Å². The number of carboxylic acids is 1. The first-order chi connectivity index (χ1) is 8.12.